The van der Waals surface area contributed by atoms with E-state index in [0.717, 1.165) is 6.07 Å². The molecule has 6 heteroatoms. The summed E-state index contributed by atoms with van der Waals surface area (Å²) in [6.07, 6.45) is 0. The molecule has 1 aromatic carbocycles. The standard InChI is InChI=1S/C7H7FO4S/c1-12-6-4-2-3-5(9)7(6)13(8,10)11/h2-4,9H,1H3. The smallest absolute Gasteiger partial charge is 0.339 e. The molecule has 72 valence electrons. The molecule has 0 atom stereocenters. The highest BCUT2D eigenvalue weighted by Gasteiger charge is 2.22. The van der Waals surface area contributed by atoms with E-state index in [1.807, 2.05) is 0 Å². The maximum atomic E-state index is 12.6. The van der Waals surface area contributed by atoms with Gasteiger partial charge in [0.2, 0.25) is 0 Å². The van der Waals surface area contributed by atoms with Crippen LogP contribution in [-0.4, -0.2) is 20.6 Å². The molecule has 0 aliphatic heterocycles. The Morgan fingerprint density at radius 2 is 2.08 bits per heavy atom. The van der Waals surface area contributed by atoms with E-state index in [9.17, 15) is 12.3 Å². The van der Waals surface area contributed by atoms with E-state index >= 15 is 0 Å². The van der Waals surface area contributed by atoms with Crippen molar-refractivity contribution in [3.63, 3.8) is 0 Å². The average Bonchev–Trinajstić information content (AvgIpc) is 2.01. The molecule has 1 aromatic rings. The molecule has 0 aliphatic carbocycles. The van der Waals surface area contributed by atoms with E-state index in [0.29, 0.717) is 0 Å². The Kier molecular flexibility index (Phi) is 2.42. The van der Waals surface area contributed by atoms with Crippen LogP contribution in [0.5, 0.6) is 11.5 Å². The predicted octanol–water partition coefficient (Wildman–Crippen LogP) is 1.06. The van der Waals surface area contributed by atoms with Gasteiger partial charge in [0.25, 0.3) is 0 Å². The molecule has 0 saturated heterocycles. The van der Waals surface area contributed by atoms with Gasteiger partial charge >= 0.3 is 10.2 Å². The lowest BCUT2D eigenvalue weighted by Gasteiger charge is -2.05. The van der Waals surface area contributed by atoms with Crippen LogP contribution >= 0.6 is 0 Å². The van der Waals surface area contributed by atoms with Crippen LogP contribution in [0.3, 0.4) is 0 Å². The summed E-state index contributed by atoms with van der Waals surface area (Å²) in [7, 11) is -3.77. The van der Waals surface area contributed by atoms with Crippen LogP contribution in [0.1, 0.15) is 0 Å². The molecule has 13 heavy (non-hydrogen) atoms. The number of hydrogen-bond donors (Lipinski definition) is 1. The summed E-state index contributed by atoms with van der Waals surface area (Å²) < 4.78 is 38.2. The lowest BCUT2D eigenvalue weighted by atomic mass is 10.3. The number of phenolic OH excluding ortho intramolecular Hbond substituents is 1. The van der Waals surface area contributed by atoms with Crippen molar-refractivity contribution in [1.82, 2.24) is 0 Å². The molecule has 0 radical (unpaired) electrons. The second-order valence-corrected chi connectivity index (χ2v) is 3.53. The van der Waals surface area contributed by atoms with E-state index in [-0.39, 0.29) is 5.75 Å². The first-order valence-electron chi connectivity index (χ1n) is 3.27. The molecule has 0 heterocycles. The van der Waals surface area contributed by atoms with Gasteiger partial charge in [-0.1, -0.05) is 6.07 Å². The van der Waals surface area contributed by atoms with Gasteiger partial charge in [-0.05, 0) is 12.1 Å². The summed E-state index contributed by atoms with van der Waals surface area (Å²) in [6, 6.07) is 3.66. The molecule has 0 unspecified atom stereocenters. The zero-order chi connectivity index (χ0) is 10.1. The minimum absolute atomic E-state index is 0.220. The molecule has 0 fully saturated rings. The first-order chi connectivity index (χ1) is 5.96. The molecule has 1 N–H and O–H groups in total. The highest BCUT2D eigenvalue weighted by Crippen LogP contribution is 2.32. The first kappa shape index (κ1) is 9.79. The monoisotopic (exact) mass is 206 g/mol. The molecule has 0 bridgehead atoms. The van der Waals surface area contributed by atoms with Gasteiger partial charge in [0.1, 0.15) is 11.5 Å². The normalized spacial score (nSPS) is 11.2. The lowest BCUT2D eigenvalue weighted by Crippen LogP contribution is -1.97. The van der Waals surface area contributed by atoms with Gasteiger partial charge < -0.3 is 9.84 Å². The zero-order valence-corrected chi connectivity index (χ0v) is 7.51. The van der Waals surface area contributed by atoms with Gasteiger partial charge in [-0.25, -0.2) is 0 Å². The number of methoxy groups -OCH3 is 1. The third kappa shape index (κ3) is 1.89. The average molecular weight is 206 g/mol. The van der Waals surface area contributed by atoms with Crippen LogP contribution < -0.4 is 4.74 Å². The zero-order valence-electron chi connectivity index (χ0n) is 6.69. The summed E-state index contributed by atoms with van der Waals surface area (Å²) in [4.78, 5) is -0.836. The van der Waals surface area contributed by atoms with Gasteiger partial charge in [0.15, 0.2) is 4.90 Å². The Hall–Kier alpha value is -1.30. The molecular weight excluding hydrogens is 199 g/mol. The van der Waals surface area contributed by atoms with Crippen molar-refractivity contribution in [2.75, 3.05) is 7.11 Å². The topological polar surface area (TPSA) is 63.6 Å². The van der Waals surface area contributed by atoms with Crippen LogP contribution in [-0.2, 0) is 10.2 Å². The quantitative estimate of drug-likeness (QED) is 0.735. The Labute approximate surface area is 74.8 Å². The predicted molar refractivity (Wildman–Crippen MR) is 43.0 cm³/mol. The number of hydrogen-bond acceptors (Lipinski definition) is 4. The second-order valence-electron chi connectivity index (χ2n) is 2.25. The molecule has 0 aromatic heterocycles. The first-order valence-corrected chi connectivity index (χ1v) is 4.66. The van der Waals surface area contributed by atoms with Crippen molar-refractivity contribution in [3.8, 4) is 11.5 Å². The Morgan fingerprint density at radius 3 is 2.46 bits per heavy atom. The number of ether oxygens (including phenoxy) is 1. The molecule has 1 rings (SSSR count). The number of benzene rings is 1. The van der Waals surface area contributed by atoms with E-state index in [1.165, 1.54) is 19.2 Å². The van der Waals surface area contributed by atoms with Gasteiger partial charge in [-0.15, -0.1) is 3.89 Å². The molecule has 0 spiro atoms. The van der Waals surface area contributed by atoms with Gasteiger partial charge in [0, 0.05) is 0 Å². The van der Waals surface area contributed by atoms with Crippen LogP contribution in [0, 0.1) is 0 Å². The van der Waals surface area contributed by atoms with Gasteiger partial charge in [-0.3, -0.25) is 0 Å². The van der Waals surface area contributed by atoms with Crippen molar-refractivity contribution in [1.29, 1.82) is 0 Å². The number of phenols is 1. The largest absolute Gasteiger partial charge is 0.506 e. The second kappa shape index (κ2) is 3.21. The highest BCUT2D eigenvalue weighted by molar-refractivity contribution is 7.86. The summed E-state index contributed by atoms with van der Waals surface area (Å²) >= 11 is 0. The van der Waals surface area contributed by atoms with Crippen LogP contribution in [0.25, 0.3) is 0 Å². The van der Waals surface area contributed by atoms with E-state index in [2.05, 4.69) is 4.74 Å². The fourth-order valence-electron chi connectivity index (χ4n) is 0.910. The summed E-state index contributed by atoms with van der Waals surface area (Å²) in [6.45, 7) is 0. The summed E-state index contributed by atoms with van der Waals surface area (Å²) in [5.41, 5.74) is 0. The minimum Gasteiger partial charge on any atom is -0.506 e. The van der Waals surface area contributed by atoms with Crippen LogP contribution in [0.2, 0.25) is 0 Å². The summed E-state index contributed by atoms with van der Waals surface area (Å²) in [5, 5.41) is 9.06. The Morgan fingerprint density at radius 1 is 1.46 bits per heavy atom. The maximum Gasteiger partial charge on any atom is 0.339 e. The number of rotatable bonds is 2. The van der Waals surface area contributed by atoms with Gasteiger partial charge in [0.05, 0.1) is 7.11 Å². The molecule has 4 nitrogen and oxygen atoms in total. The van der Waals surface area contributed by atoms with Crippen molar-refractivity contribution in [2.45, 2.75) is 4.90 Å². The minimum atomic E-state index is -4.95. The molecule has 0 amide bonds. The van der Waals surface area contributed by atoms with E-state index < -0.39 is 20.9 Å². The Bertz CT molecular complexity index is 413. The van der Waals surface area contributed by atoms with Crippen molar-refractivity contribution >= 4 is 10.2 Å². The van der Waals surface area contributed by atoms with Crippen molar-refractivity contribution in [3.05, 3.63) is 18.2 Å². The SMILES string of the molecule is COc1cccc(O)c1S(=O)(=O)F. The number of aromatic hydroxyl groups is 1. The molecule has 0 saturated carbocycles. The fourth-order valence-corrected chi connectivity index (χ4v) is 1.62. The van der Waals surface area contributed by atoms with E-state index in [1.54, 1.807) is 0 Å². The Balaban J connectivity index is 3.50. The van der Waals surface area contributed by atoms with E-state index in [4.69, 9.17) is 5.11 Å². The van der Waals surface area contributed by atoms with Crippen LogP contribution in [0.15, 0.2) is 23.1 Å². The highest BCUT2D eigenvalue weighted by atomic mass is 32.3. The van der Waals surface area contributed by atoms with Crippen LogP contribution in [0.4, 0.5) is 3.89 Å². The third-order valence-corrected chi connectivity index (χ3v) is 2.32. The van der Waals surface area contributed by atoms with Gasteiger partial charge in [-0.2, -0.15) is 8.42 Å². The van der Waals surface area contributed by atoms with Crippen molar-refractivity contribution < 1.29 is 22.1 Å². The lowest BCUT2D eigenvalue weighted by molar-refractivity contribution is 0.386. The summed E-state index contributed by atoms with van der Waals surface area (Å²) in [5.74, 6) is -0.885. The maximum absolute atomic E-state index is 12.6. The third-order valence-electron chi connectivity index (χ3n) is 1.42. The number of halogens is 1. The molecular formula is C7H7FO4S. The van der Waals surface area contributed by atoms with Crippen molar-refractivity contribution in [2.24, 2.45) is 0 Å². The fraction of sp³-hybridized carbons (Fsp3) is 0.143. The molecule has 0 aliphatic rings.